The van der Waals surface area contributed by atoms with Crippen LogP contribution in [0.15, 0.2) is 12.1 Å². The molecule has 15 heavy (non-hydrogen) atoms. The molecule has 1 aromatic heterocycles. The first-order valence-corrected chi connectivity index (χ1v) is 5.50. The molecule has 0 aliphatic carbocycles. The van der Waals surface area contributed by atoms with Gasteiger partial charge in [-0.05, 0) is 18.6 Å². The summed E-state index contributed by atoms with van der Waals surface area (Å²) in [6.07, 6.45) is 4.97. The van der Waals surface area contributed by atoms with E-state index in [0.717, 1.165) is 12.4 Å². The summed E-state index contributed by atoms with van der Waals surface area (Å²) >= 11 is 0. The smallest absolute Gasteiger partial charge is 0.149 e. The van der Waals surface area contributed by atoms with Gasteiger partial charge in [-0.15, -0.1) is 0 Å². The first-order chi connectivity index (χ1) is 7.24. The van der Waals surface area contributed by atoms with Gasteiger partial charge in [-0.2, -0.15) is 0 Å². The summed E-state index contributed by atoms with van der Waals surface area (Å²) in [5.41, 5.74) is 11.7. The molecule has 0 atom stereocenters. The lowest BCUT2D eigenvalue weighted by atomic mass is 10.2. The minimum atomic E-state index is 0.397. The highest BCUT2D eigenvalue weighted by Gasteiger charge is 1.97. The van der Waals surface area contributed by atoms with Gasteiger partial charge in [0.15, 0.2) is 0 Å². The van der Waals surface area contributed by atoms with Crippen LogP contribution in [0, 0.1) is 0 Å². The molecule has 4 nitrogen and oxygen atoms in total. The molecule has 0 radical (unpaired) electrons. The Morgan fingerprint density at radius 2 is 2.00 bits per heavy atom. The van der Waals surface area contributed by atoms with Gasteiger partial charge in [0.25, 0.3) is 0 Å². The van der Waals surface area contributed by atoms with Crippen LogP contribution in [0.1, 0.15) is 32.6 Å². The van der Waals surface area contributed by atoms with Gasteiger partial charge in [0, 0.05) is 6.54 Å². The SMILES string of the molecule is CCCCCCNc1ccc(N)c(N)n1. The van der Waals surface area contributed by atoms with E-state index in [-0.39, 0.29) is 0 Å². The van der Waals surface area contributed by atoms with Crippen LogP contribution in [0.2, 0.25) is 0 Å². The molecule has 0 unspecified atom stereocenters. The summed E-state index contributed by atoms with van der Waals surface area (Å²) in [5, 5.41) is 3.22. The van der Waals surface area contributed by atoms with Crippen molar-refractivity contribution in [2.75, 3.05) is 23.3 Å². The molecule has 0 saturated heterocycles. The number of aromatic nitrogens is 1. The van der Waals surface area contributed by atoms with Crippen LogP contribution in [-0.2, 0) is 0 Å². The molecule has 0 spiro atoms. The Balaban J connectivity index is 2.28. The van der Waals surface area contributed by atoms with E-state index in [2.05, 4.69) is 17.2 Å². The maximum Gasteiger partial charge on any atom is 0.149 e. The van der Waals surface area contributed by atoms with Crippen molar-refractivity contribution in [3.8, 4) is 0 Å². The molecular formula is C11H20N4. The van der Waals surface area contributed by atoms with Crippen molar-refractivity contribution in [2.24, 2.45) is 0 Å². The van der Waals surface area contributed by atoms with Gasteiger partial charge in [0.1, 0.15) is 11.6 Å². The van der Waals surface area contributed by atoms with E-state index in [1.807, 2.05) is 6.07 Å². The molecular weight excluding hydrogens is 188 g/mol. The molecule has 1 heterocycles. The average molecular weight is 208 g/mol. The van der Waals surface area contributed by atoms with Gasteiger partial charge in [-0.3, -0.25) is 0 Å². The number of unbranched alkanes of at least 4 members (excludes halogenated alkanes) is 3. The standard InChI is InChI=1S/C11H20N4/c1-2-3-4-5-8-14-10-7-6-9(12)11(13)15-10/h6-7H,2-5,8,12H2,1H3,(H3,13,14,15). The summed E-state index contributed by atoms with van der Waals surface area (Å²) in [6.45, 7) is 3.14. The number of pyridine rings is 1. The third-order valence-electron chi connectivity index (χ3n) is 2.29. The molecule has 1 rings (SSSR count). The third kappa shape index (κ3) is 4.06. The lowest BCUT2D eigenvalue weighted by Crippen LogP contribution is -2.05. The fourth-order valence-corrected chi connectivity index (χ4v) is 1.35. The maximum absolute atomic E-state index is 5.60. The normalized spacial score (nSPS) is 10.2. The molecule has 0 aliphatic heterocycles. The molecule has 0 saturated carbocycles. The predicted molar refractivity (Wildman–Crippen MR) is 65.7 cm³/mol. The van der Waals surface area contributed by atoms with Gasteiger partial charge in [-0.25, -0.2) is 4.98 Å². The van der Waals surface area contributed by atoms with Gasteiger partial charge in [0.2, 0.25) is 0 Å². The fourth-order valence-electron chi connectivity index (χ4n) is 1.35. The minimum Gasteiger partial charge on any atom is -0.396 e. The molecule has 1 aromatic rings. The molecule has 4 heteroatoms. The van der Waals surface area contributed by atoms with Crippen LogP contribution in [0.3, 0.4) is 0 Å². The number of anilines is 3. The number of nitrogen functional groups attached to an aromatic ring is 2. The quantitative estimate of drug-likeness (QED) is 0.626. The molecule has 0 fully saturated rings. The van der Waals surface area contributed by atoms with E-state index in [1.165, 1.54) is 25.7 Å². The summed E-state index contributed by atoms with van der Waals surface area (Å²) in [6, 6.07) is 3.63. The summed E-state index contributed by atoms with van der Waals surface area (Å²) in [4.78, 5) is 4.13. The maximum atomic E-state index is 5.60. The highest BCUT2D eigenvalue weighted by molar-refractivity contribution is 5.61. The Morgan fingerprint density at radius 1 is 1.20 bits per heavy atom. The number of hydrogen-bond donors (Lipinski definition) is 3. The second-order valence-corrected chi connectivity index (χ2v) is 3.66. The Kier molecular flexibility index (Phi) is 4.74. The van der Waals surface area contributed by atoms with Crippen molar-refractivity contribution in [1.29, 1.82) is 0 Å². The van der Waals surface area contributed by atoms with Gasteiger partial charge >= 0.3 is 0 Å². The van der Waals surface area contributed by atoms with E-state index < -0.39 is 0 Å². The number of nitrogens with zero attached hydrogens (tertiary/aromatic N) is 1. The van der Waals surface area contributed by atoms with Gasteiger partial charge in [0.05, 0.1) is 5.69 Å². The van der Waals surface area contributed by atoms with Crippen molar-refractivity contribution >= 4 is 17.3 Å². The first-order valence-electron chi connectivity index (χ1n) is 5.50. The molecule has 84 valence electrons. The average Bonchev–Trinajstić information content (AvgIpc) is 2.23. The summed E-state index contributed by atoms with van der Waals surface area (Å²) in [5.74, 6) is 1.20. The highest BCUT2D eigenvalue weighted by atomic mass is 15.0. The first kappa shape index (κ1) is 11.6. The van der Waals surface area contributed by atoms with Crippen LogP contribution in [0.5, 0.6) is 0 Å². The monoisotopic (exact) mass is 208 g/mol. The predicted octanol–water partition coefficient (Wildman–Crippen LogP) is 2.24. The van der Waals surface area contributed by atoms with Crippen LogP contribution >= 0.6 is 0 Å². The number of rotatable bonds is 6. The number of hydrogen-bond acceptors (Lipinski definition) is 4. The molecule has 0 aromatic carbocycles. The lowest BCUT2D eigenvalue weighted by molar-refractivity contribution is 0.684. The lowest BCUT2D eigenvalue weighted by Gasteiger charge is -2.06. The molecule has 5 N–H and O–H groups in total. The van der Waals surface area contributed by atoms with Crippen molar-refractivity contribution in [3.05, 3.63) is 12.1 Å². The summed E-state index contributed by atoms with van der Waals surface area (Å²) < 4.78 is 0. The van der Waals surface area contributed by atoms with Crippen molar-refractivity contribution in [2.45, 2.75) is 32.6 Å². The molecule has 0 aliphatic rings. The Labute approximate surface area is 91.1 Å². The largest absolute Gasteiger partial charge is 0.396 e. The minimum absolute atomic E-state index is 0.397. The van der Waals surface area contributed by atoms with Crippen LogP contribution in [0.25, 0.3) is 0 Å². The van der Waals surface area contributed by atoms with E-state index >= 15 is 0 Å². The summed E-state index contributed by atoms with van der Waals surface area (Å²) in [7, 11) is 0. The van der Waals surface area contributed by atoms with Gasteiger partial charge in [-0.1, -0.05) is 26.2 Å². The van der Waals surface area contributed by atoms with E-state index in [0.29, 0.717) is 11.5 Å². The van der Waals surface area contributed by atoms with Crippen LogP contribution in [-0.4, -0.2) is 11.5 Å². The van der Waals surface area contributed by atoms with Crippen molar-refractivity contribution < 1.29 is 0 Å². The molecule has 0 amide bonds. The zero-order chi connectivity index (χ0) is 11.1. The van der Waals surface area contributed by atoms with Crippen LogP contribution in [0.4, 0.5) is 17.3 Å². The van der Waals surface area contributed by atoms with E-state index in [4.69, 9.17) is 11.5 Å². The highest BCUT2D eigenvalue weighted by Crippen LogP contribution is 2.14. The van der Waals surface area contributed by atoms with Crippen molar-refractivity contribution in [1.82, 2.24) is 4.98 Å². The Bertz CT molecular complexity index is 299. The molecule has 0 bridgehead atoms. The van der Waals surface area contributed by atoms with E-state index in [1.54, 1.807) is 6.07 Å². The zero-order valence-electron chi connectivity index (χ0n) is 9.29. The van der Waals surface area contributed by atoms with Crippen molar-refractivity contribution in [3.63, 3.8) is 0 Å². The zero-order valence-corrected chi connectivity index (χ0v) is 9.29. The third-order valence-corrected chi connectivity index (χ3v) is 2.29. The fraction of sp³-hybridized carbons (Fsp3) is 0.545. The topological polar surface area (TPSA) is 77.0 Å². The second-order valence-electron chi connectivity index (χ2n) is 3.66. The van der Waals surface area contributed by atoms with E-state index in [9.17, 15) is 0 Å². The number of nitrogens with two attached hydrogens (primary N) is 2. The van der Waals surface area contributed by atoms with Crippen LogP contribution < -0.4 is 16.8 Å². The second kappa shape index (κ2) is 6.11. The Morgan fingerprint density at radius 3 is 2.67 bits per heavy atom. The number of nitrogens with one attached hydrogen (secondary N) is 1. The Hall–Kier alpha value is -1.45. The van der Waals surface area contributed by atoms with Gasteiger partial charge < -0.3 is 16.8 Å².